The van der Waals surface area contributed by atoms with Gasteiger partial charge in [0.2, 0.25) is 0 Å². The van der Waals surface area contributed by atoms with Crippen LogP contribution in [0.2, 0.25) is 0 Å². The zero-order valence-electron chi connectivity index (χ0n) is 10.4. The first-order chi connectivity index (χ1) is 8.62. The van der Waals surface area contributed by atoms with Crippen LogP contribution >= 0.6 is 0 Å². The summed E-state index contributed by atoms with van der Waals surface area (Å²) in [7, 11) is -2.77. The summed E-state index contributed by atoms with van der Waals surface area (Å²) in [6.45, 7) is 0.769. The predicted octanol–water partition coefficient (Wildman–Crippen LogP) is 1.84. The predicted molar refractivity (Wildman–Crippen MR) is 72.3 cm³/mol. The molecular formula is C14H19NO2S. The quantitative estimate of drug-likeness (QED) is 0.903. The Bertz CT molecular complexity index is 517. The highest BCUT2D eigenvalue weighted by molar-refractivity contribution is 7.91. The molecular weight excluding hydrogens is 246 g/mol. The minimum Gasteiger partial charge on any atom is -0.309 e. The maximum atomic E-state index is 11.3. The van der Waals surface area contributed by atoms with Gasteiger partial charge in [0.05, 0.1) is 11.5 Å². The van der Waals surface area contributed by atoms with Crippen molar-refractivity contribution < 1.29 is 8.42 Å². The highest BCUT2D eigenvalue weighted by Crippen LogP contribution is 2.39. The minimum atomic E-state index is -2.77. The van der Waals surface area contributed by atoms with Crippen LogP contribution in [0.5, 0.6) is 0 Å². The second-order valence-corrected chi connectivity index (χ2v) is 7.73. The van der Waals surface area contributed by atoms with Crippen LogP contribution in [0, 0.1) is 0 Å². The molecule has 2 fully saturated rings. The van der Waals surface area contributed by atoms with Crippen molar-refractivity contribution in [2.75, 3.05) is 11.5 Å². The zero-order chi connectivity index (χ0) is 12.6. The molecule has 1 N–H and O–H groups in total. The van der Waals surface area contributed by atoms with Crippen molar-refractivity contribution >= 4 is 9.84 Å². The number of benzene rings is 1. The van der Waals surface area contributed by atoms with Crippen LogP contribution in [0.25, 0.3) is 0 Å². The summed E-state index contributed by atoms with van der Waals surface area (Å²) in [5, 5.41) is 3.34. The van der Waals surface area contributed by atoms with E-state index in [0.717, 1.165) is 18.9 Å². The number of nitrogens with one attached hydrogen (secondary N) is 1. The Morgan fingerprint density at radius 2 is 1.83 bits per heavy atom. The lowest BCUT2D eigenvalue weighted by Crippen LogP contribution is -2.29. The Labute approximate surface area is 109 Å². The average molecular weight is 265 g/mol. The minimum absolute atomic E-state index is 0.137. The molecule has 0 aromatic heterocycles. The Morgan fingerprint density at radius 1 is 1.11 bits per heavy atom. The SMILES string of the molecule is O=S1(=O)CCC(NCc2ccc(C3CC3)cc2)C1. The third-order valence-corrected chi connectivity index (χ3v) is 5.62. The third-order valence-electron chi connectivity index (χ3n) is 3.86. The Hall–Kier alpha value is -0.870. The van der Waals surface area contributed by atoms with Gasteiger partial charge < -0.3 is 5.32 Å². The average Bonchev–Trinajstić information content (AvgIpc) is 3.13. The standard InChI is InChI=1S/C14H19NO2S/c16-18(17)8-7-14(10-18)15-9-11-1-3-12(4-2-11)13-5-6-13/h1-4,13-15H,5-10H2. The van der Waals surface area contributed by atoms with Gasteiger partial charge in [-0.25, -0.2) is 8.42 Å². The van der Waals surface area contributed by atoms with E-state index in [4.69, 9.17) is 0 Å². The van der Waals surface area contributed by atoms with Gasteiger partial charge in [-0.3, -0.25) is 0 Å². The highest BCUT2D eigenvalue weighted by atomic mass is 32.2. The van der Waals surface area contributed by atoms with Crippen LogP contribution < -0.4 is 5.32 Å². The molecule has 1 aromatic carbocycles. The van der Waals surface area contributed by atoms with Crippen molar-refractivity contribution in [3.8, 4) is 0 Å². The normalized spacial score (nSPS) is 26.3. The second kappa shape index (κ2) is 4.67. The number of hydrogen-bond donors (Lipinski definition) is 1. The van der Waals surface area contributed by atoms with E-state index in [1.54, 1.807) is 0 Å². The number of rotatable bonds is 4. The lowest BCUT2D eigenvalue weighted by Gasteiger charge is -2.10. The topological polar surface area (TPSA) is 46.2 Å². The fraction of sp³-hybridized carbons (Fsp3) is 0.571. The smallest absolute Gasteiger partial charge is 0.151 e. The molecule has 18 heavy (non-hydrogen) atoms. The van der Waals surface area contributed by atoms with E-state index >= 15 is 0 Å². The van der Waals surface area contributed by atoms with Crippen molar-refractivity contribution in [3.05, 3.63) is 35.4 Å². The molecule has 0 radical (unpaired) electrons. The van der Waals surface area contributed by atoms with Crippen molar-refractivity contribution in [2.45, 2.75) is 37.8 Å². The van der Waals surface area contributed by atoms with Gasteiger partial charge in [0.1, 0.15) is 0 Å². The molecule has 1 aliphatic carbocycles. The summed E-state index contributed by atoms with van der Waals surface area (Å²) < 4.78 is 22.7. The monoisotopic (exact) mass is 265 g/mol. The van der Waals surface area contributed by atoms with Crippen molar-refractivity contribution in [2.24, 2.45) is 0 Å². The molecule has 1 saturated carbocycles. The molecule has 3 nitrogen and oxygen atoms in total. The van der Waals surface area contributed by atoms with E-state index in [1.165, 1.54) is 24.0 Å². The van der Waals surface area contributed by atoms with Crippen LogP contribution in [0.4, 0.5) is 0 Å². The molecule has 1 saturated heterocycles. The van der Waals surface area contributed by atoms with Gasteiger partial charge in [0.15, 0.2) is 9.84 Å². The van der Waals surface area contributed by atoms with Gasteiger partial charge in [0, 0.05) is 12.6 Å². The summed E-state index contributed by atoms with van der Waals surface area (Å²) in [6.07, 6.45) is 3.41. The Kier molecular flexibility index (Phi) is 3.16. The van der Waals surface area contributed by atoms with Gasteiger partial charge in [-0.15, -0.1) is 0 Å². The first-order valence-corrected chi connectivity index (χ1v) is 8.47. The second-order valence-electron chi connectivity index (χ2n) is 5.50. The fourth-order valence-corrected chi connectivity index (χ4v) is 4.25. The summed E-state index contributed by atoms with van der Waals surface area (Å²) >= 11 is 0. The molecule has 1 unspecified atom stereocenters. The molecule has 0 bridgehead atoms. The molecule has 1 aliphatic heterocycles. The lowest BCUT2D eigenvalue weighted by atomic mass is 10.1. The van der Waals surface area contributed by atoms with Gasteiger partial charge >= 0.3 is 0 Å². The summed E-state index contributed by atoms with van der Waals surface area (Å²) in [5.74, 6) is 1.44. The van der Waals surface area contributed by atoms with Gasteiger partial charge in [0.25, 0.3) is 0 Å². The largest absolute Gasteiger partial charge is 0.309 e. The highest BCUT2D eigenvalue weighted by Gasteiger charge is 2.27. The number of hydrogen-bond acceptors (Lipinski definition) is 3. The molecule has 0 spiro atoms. The first-order valence-electron chi connectivity index (χ1n) is 6.65. The van der Waals surface area contributed by atoms with Crippen molar-refractivity contribution in [1.29, 1.82) is 0 Å². The molecule has 1 heterocycles. The van der Waals surface area contributed by atoms with Crippen LogP contribution in [0.1, 0.15) is 36.3 Å². The molecule has 3 rings (SSSR count). The molecule has 2 aliphatic rings. The van der Waals surface area contributed by atoms with Gasteiger partial charge in [-0.2, -0.15) is 0 Å². The summed E-state index contributed by atoms with van der Waals surface area (Å²) in [4.78, 5) is 0. The maximum absolute atomic E-state index is 11.3. The zero-order valence-corrected chi connectivity index (χ0v) is 11.2. The Morgan fingerprint density at radius 3 is 2.39 bits per heavy atom. The molecule has 4 heteroatoms. The first kappa shape index (κ1) is 12.2. The van der Waals surface area contributed by atoms with E-state index in [2.05, 4.69) is 29.6 Å². The molecule has 1 atom stereocenters. The van der Waals surface area contributed by atoms with E-state index in [9.17, 15) is 8.42 Å². The lowest BCUT2D eigenvalue weighted by molar-refractivity contribution is 0.554. The van der Waals surface area contributed by atoms with Crippen molar-refractivity contribution in [1.82, 2.24) is 5.32 Å². The van der Waals surface area contributed by atoms with Crippen molar-refractivity contribution in [3.63, 3.8) is 0 Å². The molecule has 1 aromatic rings. The van der Waals surface area contributed by atoms with Crippen LogP contribution in [-0.2, 0) is 16.4 Å². The van der Waals surface area contributed by atoms with E-state index in [1.807, 2.05) is 0 Å². The fourth-order valence-electron chi connectivity index (χ4n) is 2.54. The maximum Gasteiger partial charge on any atom is 0.151 e. The van der Waals surface area contributed by atoms with Gasteiger partial charge in [-0.05, 0) is 36.3 Å². The van der Waals surface area contributed by atoms with Crippen LogP contribution in [0.15, 0.2) is 24.3 Å². The van der Waals surface area contributed by atoms with Crippen LogP contribution in [-0.4, -0.2) is 26.0 Å². The Balaban J connectivity index is 1.53. The number of sulfone groups is 1. The third kappa shape index (κ3) is 2.93. The van der Waals surface area contributed by atoms with Crippen LogP contribution in [0.3, 0.4) is 0 Å². The summed E-state index contributed by atoms with van der Waals surface area (Å²) in [6, 6.07) is 8.87. The van der Waals surface area contributed by atoms with E-state index in [-0.39, 0.29) is 6.04 Å². The van der Waals surface area contributed by atoms with E-state index < -0.39 is 9.84 Å². The van der Waals surface area contributed by atoms with Gasteiger partial charge in [-0.1, -0.05) is 24.3 Å². The van der Waals surface area contributed by atoms with E-state index in [0.29, 0.717) is 11.5 Å². The molecule has 98 valence electrons. The molecule has 0 amide bonds. The summed E-state index contributed by atoms with van der Waals surface area (Å²) in [5.41, 5.74) is 2.69.